The van der Waals surface area contributed by atoms with Gasteiger partial charge >= 0.3 is 0 Å². The van der Waals surface area contributed by atoms with E-state index >= 15 is 0 Å². The van der Waals surface area contributed by atoms with Crippen LogP contribution in [-0.2, 0) is 11.2 Å². The maximum atomic E-state index is 12.0. The molecule has 0 aliphatic rings. The predicted octanol–water partition coefficient (Wildman–Crippen LogP) is 1.69. The molecule has 0 aliphatic carbocycles. The summed E-state index contributed by atoms with van der Waals surface area (Å²) >= 11 is 0. The number of pyridine rings is 1. The molecule has 142 valence electrons. The van der Waals surface area contributed by atoms with Crippen LogP contribution in [-0.4, -0.2) is 58.9 Å². The van der Waals surface area contributed by atoms with Gasteiger partial charge in [0.05, 0.1) is 12.2 Å². The lowest BCUT2D eigenvalue weighted by Gasteiger charge is -2.18. The van der Waals surface area contributed by atoms with E-state index in [9.17, 15) is 4.79 Å². The molecule has 2 rings (SSSR count). The normalized spacial score (nSPS) is 11.6. The molecule has 1 amide bonds. The molecule has 0 bridgehead atoms. The SMILES string of the molecule is CCNC(=NCCC(=O)N(CC)CC)NCCc1cn2ccccc2n1. The monoisotopic (exact) mass is 358 g/mol. The Hall–Kier alpha value is -2.57. The van der Waals surface area contributed by atoms with Crippen molar-refractivity contribution >= 4 is 17.5 Å². The van der Waals surface area contributed by atoms with Crippen LogP contribution < -0.4 is 10.6 Å². The first-order valence-electron chi connectivity index (χ1n) is 9.40. The summed E-state index contributed by atoms with van der Waals surface area (Å²) in [6, 6.07) is 5.97. The van der Waals surface area contributed by atoms with E-state index < -0.39 is 0 Å². The second-order valence-corrected chi connectivity index (χ2v) is 5.95. The summed E-state index contributed by atoms with van der Waals surface area (Å²) in [4.78, 5) is 23.0. The topological polar surface area (TPSA) is 74.0 Å². The molecular weight excluding hydrogens is 328 g/mol. The number of rotatable bonds is 9. The molecule has 2 aromatic heterocycles. The Labute approximate surface area is 155 Å². The van der Waals surface area contributed by atoms with Crippen LogP contribution in [0.4, 0.5) is 0 Å². The maximum Gasteiger partial charge on any atom is 0.224 e. The molecule has 0 saturated heterocycles. The molecule has 0 spiro atoms. The first-order valence-corrected chi connectivity index (χ1v) is 9.40. The number of nitrogens with zero attached hydrogens (tertiary/aromatic N) is 4. The van der Waals surface area contributed by atoms with Crippen LogP contribution >= 0.6 is 0 Å². The molecule has 0 aromatic carbocycles. The molecule has 2 heterocycles. The fourth-order valence-electron chi connectivity index (χ4n) is 2.76. The molecule has 2 aromatic rings. The van der Waals surface area contributed by atoms with Gasteiger partial charge in [-0.15, -0.1) is 0 Å². The molecule has 0 saturated carbocycles. The minimum Gasteiger partial charge on any atom is -0.357 e. The van der Waals surface area contributed by atoms with Gasteiger partial charge in [-0.3, -0.25) is 9.79 Å². The molecule has 0 aliphatic heterocycles. The van der Waals surface area contributed by atoms with Crippen LogP contribution in [0.1, 0.15) is 32.9 Å². The second kappa shape index (κ2) is 10.4. The van der Waals surface area contributed by atoms with Gasteiger partial charge in [0.15, 0.2) is 5.96 Å². The number of imidazole rings is 1. The highest BCUT2D eigenvalue weighted by Gasteiger charge is 2.08. The maximum absolute atomic E-state index is 12.0. The Balaban J connectivity index is 1.82. The summed E-state index contributed by atoms with van der Waals surface area (Å²) in [6.45, 7) is 9.52. The fourth-order valence-corrected chi connectivity index (χ4v) is 2.76. The van der Waals surface area contributed by atoms with E-state index in [4.69, 9.17) is 0 Å². The Bertz CT molecular complexity index is 687. The Morgan fingerprint density at radius 2 is 2.04 bits per heavy atom. The molecule has 7 heteroatoms. The minimum absolute atomic E-state index is 0.152. The molecule has 0 radical (unpaired) electrons. The Morgan fingerprint density at radius 3 is 2.73 bits per heavy atom. The van der Waals surface area contributed by atoms with Crippen molar-refractivity contribution in [2.45, 2.75) is 33.6 Å². The van der Waals surface area contributed by atoms with Gasteiger partial charge in [0.25, 0.3) is 0 Å². The van der Waals surface area contributed by atoms with Gasteiger partial charge in [-0.05, 0) is 32.9 Å². The number of aliphatic imine (C=N–C) groups is 1. The second-order valence-electron chi connectivity index (χ2n) is 5.95. The number of guanidine groups is 1. The number of nitrogens with one attached hydrogen (secondary N) is 2. The van der Waals surface area contributed by atoms with Gasteiger partial charge in [0.1, 0.15) is 5.65 Å². The zero-order valence-corrected chi connectivity index (χ0v) is 16.0. The number of hydrogen-bond donors (Lipinski definition) is 2. The largest absolute Gasteiger partial charge is 0.357 e. The molecule has 7 nitrogen and oxygen atoms in total. The van der Waals surface area contributed by atoms with Crippen molar-refractivity contribution < 1.29 is 4.79 Å². The third-order valence-corrected chi connectivity index (χ3v) is 4.14. The molecule has 2 N–H and O–H groups in total. The van der Waals surface area contributed by atoms with Gasteiger partial charge in [-0.25, -0.2) is 4.98 Å². The molecule has 26 heavy (non-hydrogen) atoms. The number of hydrogen-bond acceptors (Lipinski definition) is 3. The first kappa shape index (κ1) is 19.8. The molecule has 0 fully saturated rings. The quantitative estimate of drug-likeness (QED) is 0.528. The van der Waals surface area contributed by atoms with Crippen LogP contribution in [0.15, 0.2) is 35.6 Å². The van der Waals surface area contributed by atoms with E-state index in [0.29, 0.717) is 13.0 Å². The third-order valence-electron chi connectivity index (χ3n) is 4.14. The van der Waals surface area contributed by atoms with Gasteiger partial charge < -0.3 is 19.9 Å². The molecule has 0 atom stereocenters. The predicted molar refractivity (Wildman–Crippen MR) is 105 cm³/mol. The van der Waals surface area contributed by atoms with Crippen molar-refractivity contribution in [2.75, 3.05) is 32.7 Å². The van der Waals surface area contributed by atoms with Crippen molar-refractivity contribution in [1.29, 1.82) is 0 Å². The summed E-state index contributed by atoms with van der Waals surface area (Å²) < 4.78 is 2.02. The highest BCUT2D eigenvalue weighted by molar-refractivity contribution is 5.80. The van der Waals surface area contributed by atoms with Gasteiger partial charge in [0, 0.05) is 51.4 Å². The lowest BCUT2D eigenvalue weighted by Crippen LogP contribution is -2.38. The Kier molecular flexibility index (Phi) is 7.92. The van der Waals surface area contributed by atoms with Crippen molar-refractivity contribution in [3.05, 3.63) is 36.3 Å². The van der Waals surface area contributed by atoms with Gasteiger partial charge in [-0.2, -0.15) is 0 Å². The highest BCUT2D eigenvalue weighted by atomic mass is 16.2. The fraction of sp³-hybridized carbons (Fsp3) is 0.526. The van der Waals surface area contributed by atoms with Crippen molar-refractivity contribution in [1.82, 2.24) is 24.9 Å². The van der Waals surface area contributed by atoms with E-state index in [1.54, 1.807) is 0 Å². The average molecular weight is 358 g/mol. The summed E-state index contributed by atoms with van der Waals surface area (Å²) in [6.07, 6.45) is 5.29. The van der Waals surface area contributed by atoms with Gasteiger partial charge in [-0.1, -0.05) is 6.07 Å². The molecule has 0 unspecified atom stereocenters. The van der Waals surface area contributed by atoms with Crippen molar-refractivity contribution in [3.8, 4) is 0 Å². The standard InChI is InChI=1S/C19H30N6O/c1-4-20-19(22-13-11-18(26)24(5-2)6-3)21-12-10-16-15-25-14-8-7-9-17(25)23-16/h7-9,14-15H,4-6,10-13H2,1-3H3,(H2,20,21,22). The zero-order valence-electron chi connectivity index (χ0n) is 16.0. The van der Waals surface area contributed by atoms with Gasteiger partial charge in [0.2, 0.25) is 5.91 Å². The molecular formula is C19H30N6O. The van der Waals surface area contributed by atoms with Crippen LogP contribution in [0.2, 0.25) is 0 Å². The summed E-state index contributed by atoms with van der Waals surface area (Å²) in [5.74, 6) is 0.892. The number of carbonyl (C=O) groups excluding carboxylic acids is 1. The van der Waals surface area contributed by atoms with Crippen LogP contribution in [0, 0.1) is 0 Å². The van der Waals surface area contributed by atoms with Crippen LogP contribution in [0.3, 0.4) is 0 Å². The number of fused-ring (bicyclic) bond motifs is 1. The lowest BCUT2D eigenvalue weighted by molar-refractivity contribution is -0.130. The summed E-state index contributed by atoms with van der Waals surface area (Å²) in [5, 5.41) is 6.52. The summed E-state index contributed by atoms with van der Waals surface area (Å²) in [7, 11) is 0. The summed E-state index contributed by atoms with van der Waals surface area (Å²) in [5.41, 5.74) is 1.99. The number of aromatic nitrogens is 2. The van der Waals surface area contributed by atoms with E-state index in [1.807, 2.05) is 60.7 Å². The van der Waals surface area contributed by atoms with E-state index in [2.05, 4.69) is 20.6 Å². The smallest absolute Gasteiger partial charge is 0.224 e. The van der Waals surface area contributed by atoms with Crippen molar-refractivity contribution in [3.63, 3.8) is 0 Å². The highest BCUT2D eigenvalue weighted by Crippen LogP contribution is 2.04. The third kappa shape index (κ3) is 5.75. The van der Waals surface area contributed by atoms with Crippen molar-refractivity contribution in [2.24, 2.45) is 4.99 Å². The minimum atomic E-state index is 0.152. The lowest BCUT2D eigenvalue weighted by atomic mass is 10.3. The van der Waals surface area contributed by atoms with E-state index in [1.165, 1.54) is 0 Å². The number of amides is 1. The van der Waals surface area contributed by atoms with Crippen LogP contribution in [0.5, 0.6) is 0 Å². The Morgan fingerprint density at radius 1 is 1.23 bits per heavy atom. The number of carbonyl (C=O) groups is 1. The average Bonchev–Trinajstić information content (AvgIpc) is 3.05. The van der Waals surface area contributed by atoms with E-state index in [-0.39, 0.29) is 5.91 Å². The zero-order chi connectivity index (χ0) is 18.8. The first-order chi connectivity index (χ1) is 12.7. The van der Waals surface area contributed by atoms with Crippen LogP contribution in [0.25, 0.3) is 5.65 Å². The van der Waals surface area contributed by atoms with E-state index in [0.717, 1.165) is 49.9 Å².